The number of thioether (sulfide) groups is 1. The normalized spacial score (nSPS) is 13.9. The first-order chi connectivity index (χ1) is 28.1. The largest absolute Gasteiger partial charge is 0.480 e. The van der Waals surface area contributed by atoms with Crippen LogP contribution in [-0.4, -0.2) is 115 Å². The van der Waals surface area contributed by atoms with Crippen LogP contribution in [0.5, 0.6) is 0 Å². The fraction of sp³-hybridized carbons (Fsp3) is 0.425. The van der Waals surface area contributed by atoms with Crippen LogP contribution in [0.3, 0.4) is 0 Å². The Hall–Kier alpha value is -5.86. The number of hydrogen-bond acceptors (Lipinski definition) is 10. The van der Waals surface area contributed by atoms with Crippen molar-refractivity contribution in [2.75, 3.05) is 25.4 Å². The van der Waals surface area contributed by atoms with Gasteiger partial charge in [0, 0.05) is 61.7 Å². The van der Waals surface area contributed by atoms with Gasteiger partial charge in [0.15, 0.2) is 0 Å². The highest BCUT2D eigenvalue weighted by Gasteiger charge is 2.37. The molecule has 17 nitrogen and oxygen atoms in total. The van der Waals surface area contributed by atoms with Crippen molar-refractivity contribution in [1.29, 1.82) is 0 Å². The summed E-state index contributed by atoms with van der Waals surface area (Å²) in [5.74, 6) is -8.85. The molecule has 3 rings (SSSR count). The first-order valence-electron chi connectivity index (χ1n) is 18.7. The molecule has 0 bridgehead atoms. The van der Waals surface area contributed by atoms with Crippen LogP contribution in [0.4, 0.5) is 8.78 Å². The summed E-state index contributed by atoms with van der Waals surface area (Å²) in [6, 6.07) is 9.18. The third-order valence-electron chi connectivity index (χ3n) is 9.20. The second kappa shape index (κ2) is 21.9. The molecule has 0 aliphatic rings. The van der Waals surface area contributed by atoms with E-state index in [1.807, 2.05) is 55.7 Å². The Bertz CT molecular complexity index is 2030. The lowest BCUT2D eigenvalue weighted by Gasteiger charge is -2.41. The van der Waals surface area contributed by atoms with Crippen molar-refractivity contribution in [2.45, 2.75) is 76.5 Å². The van der Waals surface area contributed by atoms with Gasteiger partial charge in [0.1, 0.15) is 29.0 Å². The van der Waals surface area contributed by atoms with Crippen LogP contribution >= 0.6 is 11.8 Å². The lowest BCUT2D eigenvalue weighted by molar-refractivity contribution is -0.142. The van der Waals surface area contributed by atoms with Gasteiger partial charge in [-0.25, -0.2) is 13.6 Å². The Labute approximate surface area is 349 Å². The average Bonchev–Trinajstić information content (AvgIpc) is 3.57. The quantitative estimate of drug-likeness (QED) is 0.0718. The zero-order valence-corrected chi connectivity index (χ0v) is 34.3. The van der Waals surface area contributed by atoms with Crippen molar-refractivity contribution in [3.8, 4) is 11.1 Å². The second-order valence-corrected chi connectivity index (χ2v) is 16.3. The Kier molecular flexibility index (Phi) is 17.7. The zero-order chi connectivity index (χ0) is 44.9. The van der Waals surface area contributed by atoms with Gasteiger partial charge in [0.2, 0.25) is 23.6 Å². The molecule has 1 aromatic heterocycles. The molecule has 4 amide bonds. The Morgan fingerprint density at radius 1 is 0.867 bits per heavy atom. The van der Waals surface area contributed by atoms with Gasteiger partial charge in [-0.05, 0) is 41.7 Å². The maximum atomic E-state index is 15.0. The number of carbonyl (C=O) groups excluding carboxylic acids is 4. The number of hydrogen-bond donors (Lipinski definition) is 8. The standard InChI is InChI=1S/C40H51F2N7O10S/c1-22(50)49(35(40(2,3)4)31-14-24(26-15-25(41)10-11-27(26)42)20-48(31)19-23-8-6-5-7-9-23)13-12-28(43)36(53)47-30(38(56)57)17-45-34(52)18-46-33(51)16-32(39(58)59)60-21-29(44)37(54)55/h5-11,14-15,20,28-30,32,35H,12-13,16-19,21,43-44H2,1-4H3,(H,45,52)(H,46,51)(H,47,53)(H,54,55)(H,56,57)(H,58,59)/t28-,29-,30+,32?,35-/m0/s1. The Morgan fingerprint density at radius 3 is 2.12 bits per heavy atom. The van der Waals surface area contributed by atoms with Gasteiger partial charge in [-0.3, -0.25) is 28.8 Å². The fourth-order valence-corrected chi connectivity index (χ4v) is 7.17. The molecule has 0 spiro atoms. The van der Waals surface area contributed by atoms with Crippen LogP contribution in [0.1, 0.15) is 57.8 Å². The van der Waals surface area contributed by atoms with Crippen molar-refractivity contribution in [3.63, 3.8) is 0 Å². The van der Waals surface area contributed by atoms with Gasteiger partial charge in [-0.2, -0.15) is 0 Å². The van der Waals surface area contributed by atoms with E-state index in [1.54, 1.807) is 12.3 Å². The molecule has 3 aromatic rings. The van der Waals surface area contributed by atoms with Crippen molar-refractivity contribution in [2.24, 2.45) is 16.9 Å². The molecule has 0 saturated carbocycles. The van der Waals surface area contributed by atoms with E-state index in [9.17, 15) is 48.2 Å². The molecule has 1 unspecified atom stereocenters. The molecule has 0 fully saturated rings. The molecule has 60 heavy (non-hydrogen) atoms. The van der Waals surface area contributed by atoms with Crippen molar-refractivity contribution in [3.05, 3.63) is 83.7 Å². The molecule has 2 aromatic carbocycles. The number of carboxylic acids is 3. The van der Waals surface area contributed by atoms with Crippen molar-refractivity contribution in [1.82, 2.24) is 25.4 Å². The van der Waals surface area contributed by atoms with Gasteiger partial charge >= 0.3 is 17.9 Å². The number of carboxylic acid groups (broad SMARTS) is 3. The molecule has 1 heterocycles. The first kappa shape index (κ1) is 48.5. The van der Waals surface area contributed by atoms with Gasteiger partial charge in [-0.15, -0.1) is 11.8 Å². The molecule has 0 saturated heterocycles. The second-order valence-electron chi connectivity index (χ2n) is 15.1. The number of rotatable bonds is 22. The lowest BCUT2D eigenvalue weighted by Crippen LogP contribution is -2.54. The molecule has 326 valence electrons. The number of halogens is 2. The molecule has 0 aliphatic heterocycles. The van der Waals surface area contributed by atoms with E-state index in [2.05, 4.69) is 16.0 Å². The topological polar surface area (TPSA) is 276 Å². The summed E-state index contributed by atoms with van der Waals surface area (Å²) in [5, 5.41) is 33.3. The predicted molar refractivity (Wildman–Crippen MR) is 217 cm³/mol. The van der Waals surface area contributed by atoms with E-state index < -0.39 is 102 Å². The zero-order valence-electron chi connectivity index (χ0n) is 33.5. The highest BCUT2D eigenvalue weighted by atomic mass is 32.2. The van der Waals surface area contributed by atoms with Gasteiger partial charge in [0.05, 0.1) is 18.6 Å². The highest BCUT2D eigenvalue weighted by molar-refractivity contribution is 8.00. The summed E-state index contributed by atoms with van der Waals surface area (Å²) < 4.78 is 31.2. The maximum absolute atomic E-state index is 15.0. The number of nitrogens with two attached hydrogens (primary N) is 2. The van der Waals surface area contributed by atoms with E-state index >= 15 is 4.39 Å². The number of aromatic nitrogens is 1. The van der Waals surface area contributed by atoms with Crippen LogP contribution in [0.15, 0.2) is 60.8 Å². The number of benzene rings is 2. The predicted octanol–water partition coefficient (Wildman–Crippen LogP) is 1.92. The summed E-state index contributed by atoms with van der Waals surface area (Å²) >= 11 is 0.638. The monoisotopic (exact) mass is 859 g/mol. The maximum Gasteiger partial charge on any atom is 0.328 e. The summed E-state index contributed by atoms with van der Waals surface area (Å²) in [4.78, 5) is 87.2. The minimum atomic E-state index is -1.66. The van der Waals surface area contributed by atoms with E-state index in [-0.39, 0.29) is 30.2 Å². The molecule has 20 heteroatoms. The average molecular weight is 860 g/mol. The molecule has 0 aliphatic carbocycles. The lowest BCUT2D eigenvalue weighted by atomic mass is 9.82. The molecule has 0 radical (unpaired) electrons. The summed E-state index contributed by atoms with van der Waals surface area (Å²) in [6.45, 7) is 5.98. The number of aliphatic carboxylic acids is 3. The van der Waals surface area contributed by atoms with Crippen LogP contribution in [-0.2, 0) is 40.1 Å². The number of nitrogens with one attached hydrogen (secondary N) is 3. The molecule has 5 atom stereocenters. The number of carbonyl (C=O) groups is 7. The van der Waals surface area contributed by atoms with Gasteiger partial charge in [0.25, 0.3) is 0 Å². The molecular weight excluding hydrogens is 809 g/mol. The van der Waals surface area contributed by atoms with E-state index in [0.717, 1.165) is 23.8 Å². The highest BCUT2D eigenvalue weighted by Crippen LogP contribution is 2.41. The van der Waals surface area contributed by atoms with Crippen LogP contribution < -0.4 is 27.4 Å². The van der Waals surface area contributed by atoms with Gasteiger partial charge in [-0.1, -0.05) is 51.1 Å². The Balaban J connectivity index is 1.70. The minimum Gasteiger partial charge on any atom is -0.480 e. The van der Waals surface area contributed by atoms with E-state index in [1.165, 1.54) is 11.8 Å². The van der Waals surface area contributed by atoms with E-state index in [0.29, 0.717) is 29.6 Å². The summed E-state index contributed by atoms with van der Waals surface area (Å²) in [5.41, 5.74) is 12.8. The third kappa shape index (κ3) is 14.5. The Morgan fingerprint density at radius 2 is 1.53 bits per heavy atom. The number of amides is 4. The van der Waals surface area contributed by atoms with Crippen molar-refractivity contribution >= 4 is 53.3 Å². The summed E-state index contributed by atoms with van der Waals surface area (Å²) in [6.07, 6.45) is 0.942. The van der Waals surface area contributed by atoms with Crippen LogP contribution in [0.25, 0.3) is 11.1 Å². The summed E-state index contributed by atoms with van der Waals surface area (Å²) in [7, 11) is 0. The fourth-order valence-electron chi connectivity index (χ4n) is 6.17. The van der Waals surface area contributed by atoms with Gasteiger partial charge < -0.3 is 52.2 Å². The van der Waals surface area contributed by atoms with Crippen molar-refractivity contribution < 1.29 is 57.7 Å². The third-order valence-corrected chi connectivity index (χ3v) is 10.5. The van der Waals surface area contributed by atoms with E-state index in [4.69, 9.17) is 16.6 Å². The van der Waals surface area contributed by atoms with Crippen LogP contribution in [0, 0.1) is 17.0 Å². The first-order valence-corrected chi connectivity index (χ1v) is 19.7. The minimum absolute atomic E-state index is 0.0264. The SMILES string of the molecule is CC(=O)N(CC[C@H](N)C(=O)N[C@H](CNC(=O)CNC(=O)CC(SC[C@H](N)C(=O)O)C(=O)O)C(=O)O)[C@@H](c1cc(-c2cc(F)ccc2F)cn1Cc1ccccc1)C(C)(C)C. The molecular formula is C40H51F2N7O10S. The van der Waals surface area contributed by atoms with Crippen LogP contribution in [0.2, 0.25) is 0 Å². The molecule has 10 N–H and O–H groups in total. The smallest absolute Gasteiger partial charge is 0.328 e. The number of nitrogens with zero attached hydrogens (tertiary/aromatic N) is 2.